The van der Waals surface area contributed by atoms with Gasteiger partial charge in [0.1, 0.15) is 18.7 Å². The zero-order valence-corrected chi connectivity index (χ0v) is 30.4. The van der Waals surface area contributed by atoms with Gasteiger partial charge in [-0.25, -0.2) is 5.48 Å². The molecule has 4 aromatic rings. The van der Waals surface area contributed by atoms with Gasteiger partial charge >= 0.3 is 0 Å². The molecule has 1 saturated heterocycles. The number of ether oxygens (including phenoxy) is 1. The Hall–Kier alpha value is -7.78. The Kier molecular flexibility index (Phi) is 12.8. The van der Waals surface area contributed by atoms with E-state index < -0.39 is 71.7 Å². The van der Waals surface area contributed by atoms with E-state index in [-0.39, 0.29) is 40.4 Å². The Morgan fingerprint density at radius 2 is 1.39 bits per heavy atom. The van der Waals surface area contributed by atoms with Gasteiger partial charge < -0.3 is 42.2 Å². The lowest BCUT2D eigenvalue weighted by molar-refractivity contribution is -0.125. The molecule has 1 heterocycles. The Morgan fingerprint density at radius 3 is 1.93 bits per heavy atom. The number of primary amides is 1. The van der Waals surface area contributed by atoms with Gasteiger partial charge in [-0.1, -0.05) is 0 Å². The summed E-state index contributed by atoms with van der Waals surface area (Å²) in [5.74, 6) is -5.51. The summed E-state index contributed by atoms with van der Waals surface area (Å²) in [6.07, 6.45) is -1.01. The molecule has 0 saturated carbocycles. The number of nitrogens with zero attached hydrogens (tertiary/aromatic N) is 1. The van der Waals surface area contributed by atoms with Crippen LogP contribution in [0.3, 0.4) is 0 Å². The quantitative estimate of drug-likeness (QED) is 0.0920. The number of hydrogen-bond acceptors (Lipinski definition) is 11. The standard InChI is InChI=1S/C39H36N8O10/c1-20(2)57-33-28(16-15-27(32(33)49)37(53)46-30-19-56-47-39(30)55)44-35(51)23-9-13-26(14-10-23)43-38(54)29(17-31(41)48)45-36(52)24-7-11-25(12-8-24)42-34(50)22-5-3-21(18-40)4-6-22/h3-16,20,29-30,49H,17,19H2,1-2H3,(H2,41,48)(H,42,50)(H,43,54)(H,44,51)(H,45,52)(H,46,53)(H,47,55)/t29-,30+/m0/s1. The van der Waals surface area contributed by atoms with Crippen LogP contribution in [0.1, 0.15) is 67.3 Å². The number of rotatable bonds is 14. The zero-order valence-electron chi connectivity index (χ0n) is 30.4. The Bertz CT molecular complexity index is 2250. The van der Waals surface area contributed by atoms with E-state index in [1.807, 2.05) is 6.07 Å². The number of benzene rings is 4. The van der Waals surface area contributed by atoms with Crippen LogP contribution in [0.15, 0.2) is 84.9 Å². The second-order valence-electron chi connectivity index (χ2n) is 12.7. The van der Waals surface area contributed by atoms with Crippen molar-refractivity contribution in [3.8, 4) is 17.6 Å². The molecule has 18 nitrogen and oxygen atoms in total. The maximum Gasteiger partial charge on any atom is 0.268 e. The van der Waals surface area contributed by atoms with Crippen molar-refractivity contribution in [3.63, 3.8) is 0 Å². The SMILES string of the molecule is CC(C)Oc1c(NC(=O)c2ccc(NC(=O)[C@H](CC(N)=O)NC(=O)c3ccc(NC(=O)c4ccc(C#N)cc4)cc3)cc2)ccc(C(=O)N[C@@H]2CONC2=O)c1O. The van der Waals surface area contributed by atoms with E-state index in [0.717, 1.165) is 0 Å². The fourth-order valence-electron chi connectivity index (χ4n) is 5.28. The van der Waals surface area contributed by atoms with Gasteiger partial charge in [0.25, 0.3) is 29.5 Å². The van der Waals surface area contributed by atoms with Crippen molar-refractivity contribution in [3.05, 3.63) is 113 Å². The lowest BCUT2D eigenvalue weighted by atomic mass is 10.1. The minimum Gasteiger partial charge on any atom is -0.504 e. The summed E-state index contributed by atoms with van der Waals surface area (Å²) >= 11 is 0. The van der Waals surface area contributed by atoms with Crippen molar-refractivity contribution in [2.45, 2.75) is 38.5 Å². The molecule has 7 amide bonds. The second-order valence-corrected chi connectivity index (χ2v) is 12.7. The number of hydrogen-bond donors (Lipinski definition) is 8. The maximum atomic E-state index is 13.2. The van der Waals surface area contributed by atoms with E-state index >= 15 is 0 Å². The normalized spacial score (nSPS) is 13.6. The molecule has 0 unspecified atom stereocenters. The predicted octanol–water partition coefficient (Wildman–Crippen LogP) is 2.33. The Morgan fingerprint density at radius 1 is 0.825 bits per heavy atom. The highest BCUT2D eigenvalue weighted by Crippen LogP contribution is 2.39. The van der Waals surface area contributed by atoms with Crippen molar-refractivity contribution in [1.82, 2.24) is 16.1 Å². The highest BCUT2D eigenvalue weighted by atomic mass is 16.7. The Labute approximate surface area is 324 Å². The van der Waals surface area contributed by atoms with Gasteiger partial charge in [-0.15, -0.1) is 0 Å². The smallest absolute Gasteiger partial charge is 0.268 e. The van der Waals surface area contributed by atoms with Gasteiger partial charge in [0.15, 0.2) is 11.5 Å². The number of hydroxylamine groups is 1. The molecule has 0 bridgehead atoms. The lowest BCUT2D eigenvalue weighted by Crippen LogP contribution is -2.46. The van der Waals surface area contributed by atoms with E-state index in [0.29, 0.717) is 16.8 Å². The second kappa shape index (κ2) is 18.0. The third-order valence-corrected chi connectivity index (χ3v) is 8.15. The fraction of sp³-hybridized carbons (Fsp3) is 0.179. The number of anilines is 3. The summed E-state index contributed by atoms with van der Waals surface area (Å²) in [6.45, 7) is 3.24. The van der Waals surface area contributed by atoms with Crippen LogP contribution in [0.5, 0.6) is 11.5 Å². The van der Waals surface area contributed by atoms with Crippen molar-refractivity contribution < 1.29 is 48.2 Å². The van der Waals surface area contributed by atoms with E-state index in [2.05, 4.69) is 32.1 Å². The molecule has 292 valence electrons. The third kappa shape index (κ3) is 10.5. The first-order valence-electron chi connectivity index (χ1n) is 17.2. The Balaban J connectivity index is 1.21. The van der Waals surface area contributed by atoms with Crippen molar-refractivity contribution in [2.75, 3.05) is 22.6 Å². The third-order valence-electron chi connectivity index (χ3n) is 8.15. The number of carbonyl (C=O) groups excluding carboxylic acids is 7. The molecular weight excluding hydrogens is 740 g/mol. The van der Waals surface area contributed by atoms with E-state index in [4.69, 9.17) is 20.6 Å². The average molecular weight is 777 g/mol. The number of amides is 7. The largest absolute Gasteiger partial charge is 0.504 e. The van der Waals surface area contributed by atoms with Gasteiger partial charge in [0.2, 0.25) is 11.8 Å². The lowest BCUT2D eigenvalue weighted by Gasteiger charge is -2.19. The summed E-state index contributed by atoms with van der Waals surface area (Å²) in [7, 11) is 0. The van der Waals surface area contributed by atoms with Gasteiger partial charge in [0.05, 0.1) is 35.4 Å². The van der Waals surface area contributed by atoms with Crippen LogP contribution in [0.25, 0.3) is 0 Å². The summed E-state index contributed by atoms with van der Waals surface area (Å²) in [4.78, 5) is 93.3. The molecule has 1 fully saturated rings. The summed E-state index contributed by atoms with van der Waals surface area (Å²) < 4.78 is 5.72. The minimum absolute atomic E-state index is 0.0367. The summed E-state index contributed by atoms with van der Waals surface area (Å²) in [5, 5.41) is 32.7. The highest BCUT2D eigenvalue weighted by Gasteiger charge is 2.30. The summed E-state index contributed by atoms with van der Waals surface area (Å²) in [5.41, 5.74) is 8.84. The van der Waals surface area contributed by atoms with Gasteiger partial charge in [-0.2, -0.15) is 5.26 Å². The van der Waals surface area contributed by atoms with Crippen LogP contribution in [0, 0.1) is 11.3 Å². The van der Waals surface area contributed by atoms with Crippen LogP contribution in [0.4, 0.5) is 17.1 Å². The van der Waals surface area contributed by atoms with Crippen molar-refractivity contribution in [2.24, 2.45) is 5.73 Å². The molecule has 5 rings (SSSR count). The predicted molar refractivity (Wildman–Crippen MR) is 203 cm³/mol. The number of aromatic hydroxyl groups is 1. The molecule has 0 spiro atoms. The van der Waals surface area contributed by atoms with Crippen molar-refractivity contribution >= 4 is 58.4 Å². The number of carbonyl (C=O) groups is 7. The summed E-state index contributed by atoms with van der Waals surface area (Å²) in [6, 6.07) is 19.6. The van der Waals surface area contributed by atoms with Crippen LogP contribution < -0.4 is 42.5 Å². The van der Waals surface area contributed by atoms with Crippen LogP contribution in [-0.2, 0) is 19.2 Å². The number of nitrogens with two attached hydrogens (primary N) is 1. The van der Waals surface area contributed by atoms with Crippen molar-refractivity contribution in [1.29, 1.82) is 5.26 Å². The fourth-order valence-corrected chi connectivity index (χ4v) is 5.28. The molecule has 0 radical (unpaired) electrons. The first-order valence-corrected chi connectivity index (χ1v) is 17.2. The van der Waals surface area contributed by atoms with Crippen LogP contribution in [-0.4, -0.2) is 71.3 Å². The number of nitrogens with one attached hydrogen (secondary N) is 6. The molecule has 1 aliphatic rings. The topological polar surface area (TPSA) is 280 Å². The molecule has 9 N–H and O–H groups in total. The van der Waals surface area contributed by atoms with E-state index in [1.165, 1.54) is 84.9 Å². The van der Waals surface area contributed by atoms with Gasteiger partial charge in [-0.3, -0.25) is 38.4 Å². The van der Waals surface area contributed by atoms with Gasteiger partial charge in [-0.05, 0) is 98.8 Å². The minimum atomic E-state index is -1.38. The van der Waals surface area contributed by atoms with Gasteiger partial charge in [0, 0.05) is 28.1 Å². The maximum absolute atomic E-state index is 13.2. The number of phenols is 1. The molecule has 4 aromatic carbocycles. The van der Waals surface area contributed by atoms with Crippen LogP contribution in [0.2, 0.25) is 0 Å². The molecule has 1 aliphatic heterocycles. The molecule has 2 atom stereocenters. The monoisotopic (exact) mass is 776 g/mol. The average Bonchev–Trinajstić information content (AvgIpc) is 3.59. The number of nitriles is 1. The molecule has 18 heteroatoms. The van der Waals surface area contributed by atoms with E-state index in [9.17, 15) is 38.7 Å². The molecule has 0 aliphatic carbocycles. The zero-order chi connectivity index (χ0) is 41.2. The molecular formula is C39H36N8O10. The first-order chi connectivity index (χ1) is 27.2. The van der Waals surface area contributed by atoms with Crippen LogP contribution >= 0.6 is 0 Å². The molecule has 57 heavy (non-hydrogen) atoms. The molecule has 0 aromatic heterocycles. The number of phenolic OH excluding ortho intramolecular Hbond substituents is 1. The van der Waals surface area contributed by atoms with E-state index in [1.54, 1.807) is 13.8 Å². The first kappa shape index (κ1) is 40.4. The highest BCUT2D eigenvalue weighted by molar-refractivity contribution is 6.08.